The molecule has 0 unspecified atom stereocenters. The van der Waals surface area contributed by atoms with Crippen LogP contribution in [0.5, 0.6) is 0 Å². The van der Waals surface area contributed by atoms with Crippen LogP contribution in [0.3, 0.4) is 0 Å². The summed E-state index contributed by atoms with van der Waals surface area (Å²) in [7, 11) is 4.70. The Morgan fingerprint density at radius 2 is 1.71 bits per heavy atom. The highest BCUT2D eigenvalue weighted by molar-refractivity contribution is 5.92. The van der Waals surface area contributed by atoms with E-state index in [2.05, 4.69) is 10.6 Å². The standard InChI is InChI=1S/C38H61N5O8/c1-11-22(4)32(42(8)35(46)30(21(2)3)41-37(49)38(6,7)39)28(50-9)20-29(44)43-18-14-17-27(43)33(51-10)23(5)34(45)40-31(36(47)48)26-19-24-15-12-13-16-25(24)26/h12-13,15-16,21-23,26-28,30-33H,11,14,17-20,39H2,1-10H3,(H,40,45)(H,41,49)(H,47,48)/t22-,23+,26-,27-,28+,30-,31+,32-,33+/m0/s1. The lowest BCUT2D eigenvalue weighted by molar-refractivity contribution is -0.148. The molecule has 9 atom stereocenters. The van der Waals surface area contributed by atoms with E-state index in [0.717, 1.165) is 11.1 Å². The Hall–Kier alpha value is -3.55. The van der Waals surface area contributed by atoms with Crippen LogP contribution < -0.4 is 16.4 Å². The number of aliphatic carboxylic acids is 1. The monoisotopic (exact) mass is 715 g/mol. The normalized spacial score (nSPS) is 21.3. The molecule has 13 heteroatoms. The number of carboxylic acids is 1. The summed E-state index contributed by atoms with van der Waals surface area (Å²) in [6.07, 6.45) is 1.22. The van der Waals surface area contributed by atoms with Gasteiger partial charge in [0.25, 0.3) is 0 Å². The van der Waals surface area contributed by atoms with Gasteiger partial charge in [0.05, 0.1) is 42.2 Å². The van der Waals surface area contributed by atoms with Crippen molar-refractivity contribution in [1.82, 2.24) is 20.4 Å². The molecule has 5 N–H and O–H groups in total. The Morgan fingerprint density at radius 1 is 1.06 bits per heavy atom. The van der Waals surface area contributed by atoms with Crippen molar-refractivity contribution >= 4 is 29.6 Å². The molecule has 1 saturated heterocycles. The van der Waals surface area contributed by atoms with Crippen molar-refractivity contribution in [1.29, 1.82) is 0 Å². The zero-order valence-corrected chi connectivity index (χ0v) is 32.1. The van der Waals surface area contributed by atoms with Crippen molar-refractivity contribution in [3.05, 3.63) is 35.4 Å². The number of fused-ring (bicyclic) bond motifs is 1. The zero-order chi connectivity index (χ0) is 38.4. The number of likely N-dealkylation sites (N-methyl/N-ethyl adjacent to an activating group) is 1. The quantitative estimate of drug-likeness (QED) is 0.178. The van der Waals surface area contributed by atoms with E-state index in [0.29, 0.717) is 32.2 Å². The maximum Gasteiger partial charge on any atom is 0.326 e. The van der Waals surface area contributed by atoms with Gasteiger partial charge in [0.1, 0.15) is 12.1 Å². The average molecular weight is 716 g/mol. The van der Waals surface area contributed by atoms with Crippen molar-refractivity contribution in [2.45, 2.75) is 128 Å². The first-order valence-corrected chi connectivity index (χ1v) is 18.2. The third kappa shape index (κ3) is 9.66. The van der Waals surface area contributed by atoms with E-state index >= 15 is 0 Å². The first-order valence-electron chi connectivity index (χ1n) is 18.2. The highest BCUT2D eigenvalue weighted by atomic mass is 16.5. The molecule has 1 aromatic rings. The highest BCUT2D eigenvalue weighted by Crippen LogP contribution is 2.38. The number of nitrogens with two attached hydrogens (primary N) is 1. The van der Waals surface area contributed by atoms with E-state index < -0.39 is 65.6 Å². The summed E-state index contributed by atoms with van der Waals surface area (Å²) in [6, 6.07) is 4.80. The Kier molecular flexibility index (Phi) is 14.6. The maximum atomic E-state index is 14.1. The third-order valence-corrected chi connectivity index (χ3v) is 10.9. The van der Waals surface area contributed by atoms with Gasteiger partial charge in [-0.05, 0) is 56.1 Å². The van der Waals surface area contributed by atoms with Gasteiger partial charge in [0.2, 0.25) is 23.6 Å². The molecule has 1 aliphatic carbocycles. The van der Waals surface area contributed by atoms with E-state index in [-0.39, 0.29) is 36.0 Å². The van der Waals surface area contributed by atoms with Crippen LogP contribution in [0.2, 0.25) is 0 Å². The van der Waals surface area contributed by atoms with Crippen LogP contribution in [0.1, 0.15) is 91.2 Å². The van der Waals surface area contributed by atoms with E-state index in [4.69, 9.17) is 15.2 Å². The second-order valence-corrected chi connectivity index (χ2v) is 15.3. The molecule has 0 aromatic heterocycles. The summed E-state index contributed by atoms with van der Waals surface area (Å²) in [5.41, 5.74) is 6.84. The summed E-state index contributed by atoms with van der Waals surface area (Å²) in [5, 5.41) is 15.6. The number of hydrogen-bond donors (Lipinski definition) is 4. The lowest BCUT2D eigenvalue weighted by Crippen LogP contribution is -2.60. The predicted molar refractivity (Wildman–Crippen MR) is 194 cm³/mol. The van der Waals surface area contributed by atoms with E-state index in [1.165, 1.54) is 14.2 Å². The van der Waals surface area contributed by atoms with Gasteiger partial charge in [0.15, 0.2) is 0 Å². The second-order valence-electron chi connectivity index (χ2n) is 15.3. The molecule has 1 fully saturated rings. The molecule has 2 aliphatic rings. The van der Waals surface area contributed by atoms with Crippen molar-refractivity contribution < 1.29 is 38.6 Å². The summed E-state index contributed by atoms with van der Waals surface area (Å²) >= 11 is 0. The lowest BCUT2D eigenvalue weighted by Gasteiger charge is -2.41. The number of carboxylic acid groups (broad SMARTS) is 1. The van der Waals surface area contributed by atoms with Crippen molar-refractivity contribution in [3.63, 3.8) is 0 Å². The van der Waals surface area contributed by atoms with Crippen LogP contribution >= 0.6 is 0 Å². The molecule has 13 nitrogen and oxygen atoms in total. The summed E-state index contributed by atoms with van der Waals surface area (Å²) < 4.78 is 11.8. The van der Waals surface area contributed by atoms with Crippen molar-refractivity contribution in [2.75, 3.05) is 27.8 Å². The summed E-state index contributed by atoms with van der Waals surface area (Å²) in [5.74, 6) is -3.84. The smallest absolute Gasteiger partial charge is 0.326 e. The molecule has 0 saturated carbocycles. The number of benzene rings is 1. The molecule has 4 amide bonds. The molecule has 0 spiro atoms. The van der Waals surface area contributed by atoms with Crippen LogP contribution in [0, 0.1) is 17.8 Å². The van der Waals surface area contributed by atoms with E-state index in [1.807, 2.05) is 52.0 Å². The fourth-order valence-corrected chi connectivity index (χ4v) is 7.58. The van der Waals surface area contributed by atoms with Gasteiger partial charge < -0.3 is 40.7 Å². The van der Waals surface area contributed by atoms with Crippen LogP contribution in [0.4, 0.5) is 0 Å². The first-order chi connectivity index (χ1) is 23.9. The molecule has 286 valence electrons. The fourth-order valence-electron chi connectivity index (χ4n) is 7.58. The molecular formula is C38H61N5O8. The number of amides is 4. The SMILES string of the molecule is CC[C@H](C)[C@@H]([C@@H](CC(=O)N1CCC[C@H]1[C@H](OC)[C@@H](C)C(=O)N[C@@H](C(=O)O)[C@H]1Cc2ccccc21)OC)N(C)C(=O)[C@@H](NC(=O)C(C)(C)N)C(C)C. The van der Waals surface area contributed by atoms with Crippen LogP contribution in [-0.4, -0.2) is 114 Å². The number of hydrogen-bond acceptors (Lipinski definition) is 8. The van der Waals surface area contributed by atoms with Crippen molar-refractivity contribution in [3.8, 4) is 0 Å². The minimum Gasteiger partial charge on any atom is -0.480 e. The van der Waals surface area contributed by atoms with Crippen LogP contribution in [0.15, 0.2) is 24.3 Å². The number of nitrogens with zero attached hydrogens (tertiary/aromatic N) is 2. The largest absolute Gasteiger partial charge is 0.480 e. The maximum absolute atomic E-state index is 14.1. The van der Waals surface area contributed by atoms with Gasteiger partial charge in [-0.2, -0.15) is 0 Å². The average Bonchev–Trinajstić information content (AvgIpc) is 3.55. The first kappa shape index (κ1) is 41.9. The number of ether oxygens (including phenoxy) is 2. The molecule has 1 aliphatic heterocycles. The lowest BCUT2D eigenvalue weighted by atomic mass is 9.73. The van der Waals surface area contributed by atoms with Gasteiger partial charge >= 0.3 is 5.97 Å². The second kappa shape index (κ2) is 17.8. The third-order valence-electron chi connectivity index (χ3n) is 10.9. The predicted octanol–water partition coefficient (Wildman–Crippen LogP) is 2.69. The minimum atomic E-state index is -1.17. The number of rotatable bonds is 18. The van der Waals surface area contributed by atoms with Crippen LogP contribution in [-0.2, 0) is 39.9 Å². The molecule has 0 bridgehead atoms. The van der Waals surface area contributed by atoms with Gasteiger partial charge in [0, 0.05) is 33.7 Å². The minimum absolute atomic E-state index is 0.0205. The number of methoxy groups -OCH3 is 2. The molecule has 3 rings (SSSR count). The number of nitrogens with one attached hydrogen (secondary N) is 2. The van der Waals surface area contributed by atoms with Gasteiger partial charge in [-0.15, -0.1) is 0 Å². The Bertz CT molecular complexity index is 1400. The number of likely N-dealkylation sites (tertiary alicyclic amines) is 1. The molecular weight excluding hydrogens is 654 g/mol. The van der Waals surface area contributed by atoms with Gasteiger partial charge in [-0.1, -0.05) is 65.3 Å². The van der Waals surface area contributed by atoms with E-state index in [9.17, 15) is 29.1 Å². The van der Waals surface area contributed by atoms with Gasteiger partial charge in [-0.3, -0.25) is 19.2 Å². The molecule has 1 heterocycles. The van der Waals surface area contributed by atoms with Crippen molar-refractivity contribution in [2.24, 2.45) is 23.5 Å². The zero-order valence-electron chi connectivity index (χ0n) is 32.1. The number of carbonyl (C=O) groups is 5. The fraction of sp³-hybridized carbons (Fsp3) is 0.711. The summed E-state index contributed by atoms with van der Waals surface area (Å²) in [4.78, 5) is 70.0. The summed E-state index contributed by atoms with van der Waals surface area (Å²) in [6.45, 7) is 13.0. The van der Waals surface area contributed by atoms with E-state index in [1.54, 1.807) is 37.6 Å². The molecule has 0 radical (unpaired) electrons. The van der Waals surface area contributed by atoms with Crippen LogP contribution in [0.25, 0.3) is 0 Å². The molecule has 51 heavy (non-hydrogen) atoms. The Labute approximate surface area is 303 Å². The van der Waals surface area contributed by atoms with Gasteiger partial charge in [-0.25, -0.2) is 4.79 Å². The Balaban J connectivity index is 1.77. The number of carbonyl (C=O) groups excluding carboxylic acids is 4. The Morgan fingerprint density at radius 3 is 2.24 bits per heavy atom. The highest BCUT2D eigenvalue weighted by Gasteiger charge is 2.45. The molecule has 1 aromatic carbocycles. The topological polar surface area (TPSA) is 181 Å².